The standard InChI is InChI=1S/C85H82O6/c1-53(2)62-34-40-66(41-35-62)72-51-75-79(69-42-36-63(37-43-69)54(3)4)77(67-30-24-60(25-31-67)20-14-17-47-90-84(87)57(9)10)73-49-71(65-28-22-59(23-29-65)19-13-16-46-89-83(86)56(7)8)50-74-78(68-32-26-61(27-33-68)21-15-18-48-91-85(88)58(11)12)80(76(52-72)82(75)81(73)74)70-44-38-64(39-45-70)55(5)6/h22-45,49-52H,1,3,5,7,9,11,13-21,46-48H2,2,4,6,8,10,12H3. The van der Waals surface area contributed by atoms with Gasteiger partial charge in [-0.3, -0.25) is 0 Å². The summed E-state index contributed by atoms with van der Waals surface area (Å²) in [5.74, 6) is -1.07. The lowest BCUT2D eigenvalue weighted by Crippen LogP contribution is -2.06. The zero-order valence-electron chi connectivity index (χ0n) is 53.8. The van der Waals surface area contributed by atoms with Gasteiger partial charge in [0.25, 0.3) is 0 Å². The molecule has 0 radical (unpaired) electrons. The highest BCUT2D eigenvalue weighted by atomic mass is 16.5. The minimum Gasteiger partial charge on any atom is -0.462 e. The highest BCUT2D eigenvalue weighted by Gasteiger charge is 2.28. The molecule has 0 heterocycles. The van der Waals surface area contributed by atoms with E-state index in [-0.39, 0.29) is 17.9 Å². The molecule has 0 bridgehead atoms. The SMILES string of the molecule is C=C(C)C(=O)OCCCCc1ccc(-c2cc3c(-c4ccc(CCCCOC(=O)C(=C)C)cc4)c(-c4ccc(C(=C)C)cc4)c4cc(-c5ccc(C(=C)C)cc5)cc5c(-c6ccc(C(=C)C)cc6)c(-c6ccc(CCCCOC(=O)C(=C)C)cc6)c(c2)c3c45)cc1. The number of rotatable bonds is 27. The van der Waals surface area contributed by atoms with Gasteiger partial charge >= 0.3 is 17.9 Å². The number of ether oxygens (including phenoxy) is 3. The van der Waals surface area contributed by atoms with Gasteiger partial charge in [0, 0.05) is 16.7 Å². The average Bonchev–Trinajstić information content (AvgIpc) is 0.693. The predicted octanol–water partition coefficient (Wildman–Crippen LogP) is 22.0. The van der Waals surface area contributed by atoms with Crippen molar-refractivity contribution in [3.05, 3.63) is 259 Å². The van der Waals surface area contributed by atoms with Crippen molar-refractivity contribution >= 4 is 66.9 Å². The Bertz CT molecular complexity index is 4210. The second-order valence-electron chi connectivity index (χ2n) is 24.7. The molecule has 10 aromatic rings. The number of benzene rings is 10. The average molecular weight is 1200 g/mol. The van der Waals surface area contributed by atoms with E-state index in [0.29, 0.717) is 36.5 Å². The molecule has 91 heavy (non-hydrogen) atoms. The fourth-order valence-corrected chi connectivity index (χ4v) is 12.2. The second-order valence-corrected chi connectivity index (χ2v) is 24.7. The highest BCUT2D eigenvalue weighted by Crippen LogP contribution is 2.55. The summed E-state index contributed by atoms with van der Waals surface area (Å²) in [6, 6.07) is 63.6. The van der Waals surface area contributed by atoms with Crippen molar-refractivity contribution in [2.24, 2.45) is 0 Å². The van der Waals surface area contributed by atoms with Gasteiger partial charge in [0.2, 0.25) is 0 Å². The molecular weight excluding hydrogens is 1120 g/mol. The molecule has 0 aliphatic carbocycles. The summed E-state index contributed by atoms with van der Waals surface area (Å²) in [5.41, 5.74) is 24.4. The maximum Gasteiger partial charge on any atom is 0.333 e. The number of esters is 3. The van der Waals surface area contributed by atoms with Gasteiger partial charge in [-0.25, -0.2) is 14.4 Å². The fourth-order valence-electron chi connectivity index (χ4n) is 12.2. The molecule has 6 nitrogen and oxygen atoms in total. The zero-order chi connectivity index (χ0) is 64.5. The van der Waals surface area contributed by atoms with E-state index in [0.717, 1.165) is 180 Å². The number of hydrogen-bond donors (Lipinski definition) is 0. The van der Waals surface area contributed by atoms with Crippen molar-refractivity contribution in [2.45, 2.75) is 99.3 Å². The molecule has 0 saturated heterocycles. The third kappa shape index (κ3) is 14.7. The highest BCUT2D eigenvalue weighted by molar-refractivity contribution is 6.37. The summed E-state index contributed by atoms with van der Waals surface area (Å²) in [6.45, 7) is 36.4. The predicted molar refractivity (Wildman–Crippen MR) is 383 cm³/mol. The van der Waals surface area contributed by atoms with Crippen molar-refractivity contribution in [2.75, 3.05) is 19.8 Å². The summed E-state index contributed by atoms with van der Waals surface area (Å²) in [4.78, 5) is 36.5. The van der Waals surface area contributed by atoms with Crippen LogP contribution in [0.4, 0.5) is 0 Å². The van der Waals surface area contributed by atoms with Crippen LogP contribution in [0.2, 0.25) is 0 Å². The molecule has 0 aromatic heterocycles. The van der Waals surface area contributed by atoms with Crippen LogP contribution < -0.4 is 0 Å². The maximum absolute atomic E-state index is 12.2. The summed E-state index contributed by atoms with van der Waals surface area (Å²) in [6.07, 6.45) is 7.34. The normalized spacial score (nSPS) is 11.2. The fraction of sp³-hybridized carbons (Fsp3) is 0.212. The van der Waals surface area contributed by atoms with E-state index in [9.17, 15) is 14.4 Å². The van der Waals surface area contributed by atoms with Crippen molar-refractivity contribution in [1.29, 1.82) is 0 Å². The van der Waals surface area contributed by atoms with Crippen LogP contribution in [0.15, 0.2) is 226 Å². The van der Waals surface area contributed by atoms with Crippen LogP contribution >= 0.6 is 0 Å². The van der Waals surface area contributed by atoms with Gasteiger partial charge in [-0.1, -0.05) is 202 Å². The third-order valence-corrected chi connectivity index (χ3v) is 17.2. The Morgan fingerprint density at radius 2 is 0.505 bits per heavy atom. The Balaban J connectivity index is 1.27. The van der Waals surface area contributed by atoms with Crippen LogP contribution in [-0.2, 0) is 47.9 Å². The van der Waals surface area contributed by atoms with Crippen molar-refractivity contribution < 1.29 is 28.6 Å². The first-order valence-corrected chi connectivity index (χ1v) is 31.8. The molecule has 10 rings (SSSR count). The van der Waals surface area contributed by atoms with Crippen LogP contribution in [0.25, 0.3) is 116 Å². The molecule has 0 spiro atoms. The van der Waals surface area contributed by atoms with E-state index in [1.165, 1.54) is 27.5 Å². The van der Waals surface area contributed by atoms with Crippen molar-refractivity contribution in [3.8, 4) is 66.8 Å². The van der Waals surface area contributed by atoms with Crippen LogP contribution in [0.1, 0.15) is 113 Å². The summed E-state index contributed by atoms with van der Waals surface area (Å²) in [5, 5.41) is 6.92. The van der Waals surface area contributed by atoms with Crippen LogP contribution in [0.5, 0.6) is 0 Å². The molecule has 0 unspecified atom stereocenters. The quantitative estimate of drug-likeness (QED) is 0.0168. The number of aryl methyl sites for hydroxylation is 3. The number of unbranched alkanes of at least 4 members (excludes halogenated alkanes) is 3. The van der Waals surface area contributed by atoms with Gasteiger partial charge < -0.3 is 14.2 Å². The molecular formula is C85H82O6. The molecule has 0 aliphatic rings. The van der Waals surface area contributed by atoms with E-state index >= 15 is 0 Å². The molecule has 0 amide bonds. The van der Waals surface area contributed by atoms with Gasteiger partial charge in [-0.15, -0.1) is 0 Å². The van der Waals surface area contributed by atoms with E-state index in [4.69, 9.17) is 14.2 Å². The van der Waals surface area contributed by atoms with E-state index in [1.54, 1.807) is 20.8 Å². The number of allylic oxidation sites excluding steroid dienone is 3. The van der Waals surface area contributed by atoms with Crippen LogP contribution in [-0.4, -0.2) is 37.7 Å². The molecule has 458 valence electrons. The minimum atomic E-state index is -0.356. The lowest BCUT2D eigenvalue weighted by atomic mass is 9.76. The number of carbonyl (C=O) groups is 3. The lowest BCUT2D eigenvalue weighted by Gasteiger charge is -2.27. The molecule has 0 aliphatic heterocycles. The monoisotopic (exact) mass is 1200 g/mol. The van der Waals surface area contributed by atoms with E-state index in [1.807, 2.05) is 0 Å². The van der Waals surface area contributed by atoms with Gasteiger partial charge in [-0.05, 0) is 256 Å². The van der Waals surface area contributed by atoms with Gasteiger partial charge in [-0.2, -0.15) is 0 Å². The van der Waals surface area contributed by atoms with E-state index in [2.05, 4.69) is 230 Å². The first kappa shape index (κ1) is 64.1. The van der Waals surface area contributed by atoms with Crippen molar-refractivity contribution in [3.63, 3.8) is 0 Å². The van der Waals surface area contributed by atoms with Crippen LogP contribution in [0.3, 0.4) is 0 Å². The Labute approximate surface area is 538 Å². The van der Waals surface area contributed by atoms with E-state index < -0.39 is 0 Å². The van der Waals surface area contributed by atoms with Crippen LogP contribution in [0, 0.1) is 0 Å². The van der Waals surface area contributed by atoms with Gasteiger partial charge in [0.1, 0.15) is 0 Å². The molecule has 0 N–H and O–H groups in total. The summed E-state index contributed by atoms with van der Waals surface area (Å²) in [7, 11) is 0. The molecule has 6 heteroatoms. The van der Waals surface area contributed by atoms with Gasteiger partial charge in [0.05, 0.1) is 19.8 Å². The number of hydrogen-bond acceptors (Lipinski definition) is 6. The Morgan fingerprint density at radius 3 is 0.736 bits per heavy atom. The maximum atomic E-state index is 12.2. The zero-order valence-corrected chi connectivity index (χ0v) is 53.8. The largest absolute Gasteiger partial charge is 0.462 e. The lowest BCUT2D eigenvalue weighted by molar-refractivity contribution is -0.139. The summed E-state index contributed by atoms with van der Waals surface area (Å²) >= 11 is 0. The topological polar surface area (TPSA) is 78.9 Å². The van der Waals surface area contributed by atoms with Crippen molar-refractivity contribution in [1.82, 2.24) is 0 Å². The summed E-state index contributed by atoms with van der Waals surface area (Å²) < 4.78 is 16.4. The Morgan fingerprint density at radius 1 is 0.286 bits per heavy atom. The Kier molecular flexibility index (Phi) is 20.2. The minimum absolute atomic E-state index is 0.350. The van der Waals surface area contributed by atoms with Gasteiger partial charge in [0.15, 0.2) is 0 Å². The smallest absolute Gasteiger partial charge is 0.333 e. The first-order chi connectivity index (χ1) is 43.8. The molecule has 0 atom stereocenters. The molecule has 0 fully saturated rings. The second kappa shape index (κ2) is 28.7. The molecule has 0 saturated carbocycles. The third-order valence-electron chi connectivity index (χ3n) is 17.2. The Hall–Kier alpha value is -9.91. The molecule has 10 aromatic carbocycles. The number of carbonyl (C=O) groups excluding carboxylic acids is 3. The first-order valence-electron chi connectivity index (χ1n) is 31.8.